The van der Waals surface area contributed by atoms with E-state index in [0.29, 0.717) is 0 Å². The third-order valence-corrected chi connectivity index (χ3v) is 3.01. The number of methoxy groups -OCH3 is 2. The van der Waals surface area contributed by atoms with Crippen LogP contribution in [0.3, 0.4) is 0 Å². The lowest BCUT2D eigenvalue weighted by Crippen LogP contribution is -2.07. The molecule has 4 nitrogen and oxygen atoms in total. The van der Waals surface area contributed by atoms with Crippen LogP contribution in [0.25, 0.3) is 0 Å². The smallest absolute Gasteiger partial charge is 0.330 e. The van der Waals surface area contributed by atoms with Crippen molar-refractivity contribution in [1.82, 2.24) is 0 Å². The van der Waals surface area contributed by atoms with Gasteiger partial charge in [0.15, 0.2) is 0 Å². The van der Waals surface area contributed by atoms with Crippen LogP contribution in [0.1, 0.15) is 13.8 Å². The lowest BCUT2D eigenvalue weighted by Gasteiger charge is -1.98. The van der Waals surface area contributed by atoms with Crippen molar-refractivity contribution in [2.75, 3.05) is 14.2 Å². The van der Waals surface area contributed by atoms with Crippen LogP contribution in [-0.2, 0) is 19.1 Å². The summed E-state index contributed by atoms with van der Waals surface area (Å²) in [6.07, 6.45) is 3.07. The average molecular weight is 212 g/mol. The van der Waals surface area contributed by atoms with E-state index in [1.807, 2.05) is 13.8 Å². The Kier molecular flexibility index (Phi) is 3.17. The third kappa shape index (κ3) is 2.19. The molecule has 0 aromatic rings. The maximum Gasteiger partial charge on any atom is 0.330 e. The first kappa shape index (κ1) is 11.8. The predicted molar refractivity (Wildman–Crippen MR) is 53.9 cm³/mol. The van der Waals surface area contributed by atoms with Gasteiger partial charge >= 0.3 is 11.9 Å². The molecule has 2 atom stereocenters. The molecule has 1 saturated carbocycles. The molecule has 0 amide bonds. The van der Waals surface area contributed by atoms with Gasteiger partial charge < -0.3 is 9.47 Å². The Balaban J connectivity index is 2.63. The molecule has 2 unspecified atom stereocenters. The summed E-state index contributed by atoms with van der Waals surface area (Å²) in [6, 6.07) is 0. The summed E-state index contributed by atoms with van der Waals surface area (Å²) in [5.74, 6) is -0.715. The van der Waals surface area contributed by atoms with E-state index in [-0.39, 0.29) is 23.2 Å². The molecule has 1 rings (SSSR count). The largest absolute Gasteiger partial charge is 0.469 e. The van der Waals surface area contributed by atoms with Gasteiger partial charge in [-0.05, 0) is 11.3 Å². The van der Waals surface area contributed by atoms with Crippen LogP contribution < -0.4 is 0 Å². The number of carbonyl (C=O) groups excluding carboxylic acids is 2. The topological polar surface area (TPSA) is 52.6 Å². The number of hydrogen-bond acceptors (Lipinski definition) is 4. The minimum absolute atomic E-state index is 0.0593. The zero-order chi connectivity index (χ0) is 11.6. The fraction of sp³-hybridized carbons (Fsp3) is 0.636. The van der Waals surface area contributed by atoms with Gasteiger partial charge in [0.1, 0.15) is 0 Å². The highest BCUT2D eigenvalue weighted by Gasteiger charge is 2.61. The zero-order valence-corrected chi connectivity index (χ0v) is 9.44. The summed E-state index contributed by atoms with van der Waals surface area (Å²) in [7, 11) is 2.69. The number of carbonyl (C=O) groups is 2. The van der Waals surface area contributed by atoms with Gasteiger partial charge in [0.25, 0.3) is 0 Å². The fourth-order valence-corrected chi connectivity index (χ4v) is 1.86. The van der Waals surface area contributed by atoms with Crippen molar-refractivity contribution in [2.45, 2.75) is 13.8 Å². The first-order chi connectivity index (χ1) is 6.95. The number of rotatable bonds is 3. The van der Waals surface area contributed by atoms with Gasteiger partial charge in [0, 0.05) is 6.08 Å². The van der Waals surface area contributed by atoms with E-state index in [2.05, 4.69) is 9.47 Å². The lowest BCUT2D eigenvalue weighted by molar-refractivity contribution is -0.143. The van der Waals surface area contributed by atoms with Gasteiger partial charge in [-0.2, -0.15) is 0 Å². The van der Waals surface area contributed by atoms with Gasteiger partial charge in [0.05, 0.1) is 20.1 Å². The summed E-state index contributed by atoms with van der Waals surface area (Å²) >= 11 is 0. The fourth-order valence-electron chi connectivity index (χ4n) is 1.86. The van der Waals surface area contributed by atoms with Crippen LogP contribution in [0.15, 0.2) is 12.2 Å². The number of esters is 2. The van der Waals surface area contributed by atoms with Crippen molar-refractivity contribution < 1.29 is 19.1 Å². The van der Waals surface area contributed by atoms with Crippen molar-refractivity contribution >= 4 is 11.9 Å². The third-order valence-electron chi connectivity index (χ3n) is 3.01. The maximum atomic E-state index is 11.3. The molecule has 0 spiro atoms. The molecule has 0 aliphatic heterocycles. The molecular formula is C11H16O4. The molecular weight excluding hydrogens is 196 g/mol. The summed E-state index contributed by atoms with van der Waals surface area (Å²) in [4.78, 5) is 22.2. The molecule has 0 bridgehead atoms. The van der Waals surface area contributed by atoms with Crippen molar-refractivity contribution in [1.29, 1.82) is 0 Å². The van der Waals surface area contributed by atoms with Gasteiger partial charge in [-0.25, -0.2) is 4.79 Å². The molecule has 0 aromatic carbocycles. The highest BCUT2D eigenvalue weighted by atomic mass is 16.5. The Morgan fingerprint density at radius 3 is 2.27 bits per heavy atom. The Labute approximate surface area is 89.2 Å². The van der Waals surface area contributed by atoms with Crippen LogP contribution in [-0.4, -0.2) is 26.2 Å². The minimum atomic E-state index is -0.402. The highest BCUT2D eigenvalue weighted by molar-refractivity contribution is 5.83. The van der Waals surface area contributed by atoms with Crippen molar-refractivity contribution in [2.24, 2.45) is 17.3 Å². The molecule has 4 heteroatoms. The highest BCUT2D eigenvalue weighted by Crippen LogP contribution is 2.59. The number of allylic oxidation sites excluding steroid dienone is 1. The van der Waals surface area contributed by atoms with Gasteiger partial charge in [-0.3, -0.25) is 4.79 Å². The van der Waals surface area contributed by atoms with E-state index < -0.39 is 5.97 Å². The van der Waals surface area contributed by atoms with Crippen molar-refractivity contribution in [3.8, 4) is 0 Å². The van der Waals surface area contributed by atoms with Crippen LogP contribution in [0.5, 0.6) is 0 Å². The summed E-state index contributed by atoms with van der Waals surface area (Å²) in [6.45, 7) is 3.95. The Hall–Kier alpha value is -1.32. The number of ether oxygens (including phenoxy) is 2. The summed E-state index contributed by atoms with van der Waals surface area (Å²) in [5, 5.41) is 0. The molecule has 1 aliphatic rings. The van der Waals surface area contributed by atoms with E-state index in [1.165, 1.54) is 20.3 Å². The summed E-state index contributed by atoms with van der Waals surface area (Å²) in [5.41, 5.74) is -0.127. The zero-order valence-electron chi connectivity index (χ0n) is 9.44. The first-order valence-corrected chi connectivity index (χ1v) is 4.79. The molecule has 0 saturated heterocycles. The molecule has 1 aliphatic carbocycles. The molecule has 0 N–H and O–H groups in total. The van der Waals surface area contributed by atoms with Gasteiger partial charge in [0.2, 0.25) is 0 Å². The van der Waals surface area contributed by atoms with E-state index >= 15 is 0 Å². The Morgan fingerprint density at radius 1 is 1.20 bits per heavy atom. The molecule has 0 radical (unpaired) electrons. The van der Waals surface area contributed by atoms with Gasteiger partial charge in [-0.15, -0.1) is 0 Å². The van der Waals surface area contributed by atoms with Crippen molar-refractivity contribution in [3.63, 3.8) is 0 Å². The van der Waals surface area contributed by atoms with Crippen LogP contribution in [0.2, 0.25) is 0 Å². The van der Waals surface area contributed by atoms with Crippen molar-refractivity contribution in [3.05, 3.63) is 12.2 Å². The average Bonchev–Trinajstić information content (AvgIpc) is 2.75. The molecule has 84 valence electrons. The van der Waals surface area contributed by atoms with Gasteiger partial charge in [-0.1, -0.05) is 19.9 Å². The molecule has 0 heterocycles. The molecule has 1 fully saturated rings. The second-order valence-corrected chi connectivity index (χ2v) is 4.23. The minimum Gasteiger partial charge on any atom is -0.469 e. The standard InChI is InChI=1S/C11H16O4/c1-11(2)7(5-6-8(12)14-3)9(11)10(13)15-4/h5-7,9H,1-4H3. The van der Waals surface area contributed by atoms with Crippen LogP contribution in [0, 0.1) is 17.3 Å². The second kappa shape index (κ2) is 4.04. The normalized spacial score (nSPS) is 27.5. The SMILES string of the molecule is COC(=O)C=CC1C(C(=O)OC)C1(C)C. The van der Waals surface area contributed by atoms with Crippen LogP contribution >= 0.6 is 0 Å². The van der Waals surface area contributed by atoms with Crippen LogP contribution in [0.4, 0.5) is 0 Å². The van der Waals surface area contributed by atoms with E-state index in [1.54, 1.807) is 6.08 Å². The Bertz CT molecular complexity index is 304. The quantitative estimate of drug-likeness (QED) is 0.520. The predicted octanol–water partition coefficient (Wildman–Crippen LogP) is 1.16. The van der Waals surface area contributed by atoms with E-state index in [9.17, 15) is 9.59 Å². The Morgan fingerprint density at radius 2 is 1.80 bits per heavy atom. The van der Waals surface area contributed by atoms with E-state index in [4.69, 9.17) is 0 Å². The maximum absolute atomic E-state index is 11.3. The first-order valence-electron chi connectivity index (χ1n) is 4.79. The molecule has 15 heavy (non-hydrogen) atoms. The monoisotopic (exact) mass is 212 g/mol. The summed E-state index contributed by atoms with van der Waals surface area (Å²) < 4.78 is 9.16. The van der Waals surface area contributed by atoms with E-state index in [0.717, 1.165) is 0 Å². The number of hydrogen-bond donors (Lipinski definition) is 0. The molecule has 0 aromatic heterocycles. The lowest BCUT2D eigenvalue weighted by atomic mass is 10.1. The second-order valence-electron chi connectivity index (χ2n) is 4.23.